The molecule has 5 nitrogen and oxygen atoms in total. The van der Waals surface area contributed by atoms with E-state index in [-0.39, 0.29) is 11.0 Å². The molecule has 0 saturated carbocycles. The molecular weight excluding hydrogens is 348 g/mol. The van der Waals surface area contributed by atoms with Crippen molar-refractivity contribution in [1.29, 1.82) is 0 Å². The van der Waals surface area contributed by atoms with Crippen LogP contribution in [0.4, 0.5) is 5.69 Å². The molecule has 1 amide bonds. The van der Waals surface area contributed by atoms with Crippen molar-refractivity contribution in [1.82, 2.24) is 5.32 Å². The summed E-state index contributed by atoms with van der Waals surface area (Å²) in [6.45, 7) is 6.29. The van der Waals surface area contributed by atoms with Gasteiger partial charge in [0.25, 0.3) is 0 Å². The van der Waals surface area contributed by atoms with Gasteiger partial charge >= 0.3 is 0 Å². The summed E-state index contributed by atoms with van der Waals surface area (Å²) in [5.41, 5.74) is 0.169. The van der Waals surface area contributed by atoms with Crippen LogP contribution in [0.15, 0.2) is 54.6 Å². The molecule has 6 heteroatoms. The molecule has 2 aromatic carbocycles. The molecular formula is C20H24N2O3S. The van der Waals surface area contributed by atoms with Gasteiger partial charge in [0, 0.05) is 5.41 Å². The Morgan fingerprint density at radius 3 is 2.27 bits per heavy atom. The number of para-hydroxylation sites is 3. The highest BCUT2D eigenvalue weighted by atomic mass is 32.1. The Morgan fingerprint density at radius 2 is 1.58 bits per heavy atom. The molecule has 0 aliphatic carbocycles. The standard InChI is InChI=1S/C20H24N2O3S/c1-20(2,3)18(23)22-19(26)21-16-11-7-8-12-17(16)25-14-13-24-15-9-5-4-6-10-15/h4-12H,13-14H2,1-3H3,(H2,21,22,23,26). The van der Waals surface area contributed by atoms with Crippen LogP contribution >= 0.6 is 12.2 Å². The van der Waals surface area contributed by atoms with Gasteiger partial charge in [-0.1, -0.05) is 51.1 Å². The van der Waals surface area contributed by atoms with Crippen LogP contribution in [-0.2, 0) is 4.79 Å². The number of rotatable bonds is 6. The van der Waals surface area contributed by atoms with Crippen molar-refractivity contribution in [3.63, 3.8) is 0 Å². The van der Waals surface area contributed by atoms with Crippen LogP contribution in [0.2, 0.25) is 0 Å². The van der Waals surface area contributed by atoms with Crippen molar-refractivity contribution >= 4 is 28.9 Å². The molecule has 0 radical (unpaired) electrons. The average Bonchev–Trinajstić information content (AvgIpc) is 2.60. The molecule has 0 bridgehead atoms. The summed E-state index contributed by atoms with van der Waals surface area (Å²) in [7, 11) is 0. The highest BCUT2D eigenvalue weighted by molar-refractivity contribution is 7.80. The molecule has 2 rings (SSSR count). The first-order valence-electron chi connectivity index (χ1n) is 8.38. The lowest BCUT2D eigenvalue weighted by atomic mass is 9.96. The van der Waals surface area contributed by atoms with Crippen molar-refractivity contribution < 1.29 is 14.3 Å². The normalized spacial score (nSPS) is 10.7. The average molecular weight is 372 g/mol. The highest BCUT2D eigenvalue weighted by Gasteiger charge is 2.22. The maximum Gasteiger partial charge on any atom is 0.231 e. The number of nitrogens with one attached hydrogen (secondary N) is 2. The van der Waals surface area contributed by atoms with E-state index in [0.717, 1.165) is 5.75 Å². The zero-order valence-corrected chi connectivity index (χ0v) is 16.1. The van der Waals surface area contributed by atoms with E-state index in [0.29, 0.717) is 24.7 Å². The molecule has 138 valence electrons. The smallest absolute Gasteiger partial charge is 0.231 e. The number of benzene rings is 2. The Morgan fingerprint density at radius 1 is 0.962 bits per heavy atom. The lowest BCUT2D eigenvalue weighted by Crippen LogP contribution is -2.41. The van der Waals surface area contributed by atoms with Crippen molar-refractivity contribution in [2.75, 3.05) is 18.5 Å². The van der Waals surface area contributed by atoms with Gasteiger partial charge in [-0.25, -0.2) is 0 Å². The molecule has 0 aliphatic heterocycles. The topological polar surface area (TPSA) is 59.6 Å². The highest BCUT2D eigenvalue weighted by Crippen LogP contribution is 2.24. The zero-order valence-electron chi connectivity index (χ0n) is 15.2. The molecule has 0 spiro atoms. The summed E-state index contributed by atoms with van der Waals surface area (Å²) >= 11 is 5.22. The number of anilines is 1. The number of hydrogen-bond donors (Lipinski definition) is 2. The van der Waals surface area contributed by atoms with Gasteiger partial charge in [0.15, 0.2) is 5.11 Å². The van der Waals surface area contributed by atoms with E-state index in [2.05, 4.69) is 10.6 Å². The molecule has 0 unspecified atom stereocenters. The van der Waals surface area contributed by atoms with Crippen LogP contribution in [0.3, 0.4) is 0 Å². The molecule has 0 fully saturated rings. The molecule has 0 saturated heterocycles. The van der Waals surface area contributed by atoms with E-state index < -0.39 is 5.41 Å². The van der Waals surface area contributed by atoms with Gasteiger partial charge in [0.05, 0.1) is 5.69 Å². The van der Waals surface area contributed by atoms with Crippen molar-refractivity contribution in [3.05, 3.63) is 54.6 Å². The summed E-state index contributed by atoms with van der Waals surface area (Å²) in [6.07, 6.45) is 0. The first-order valence-corrected chi connectivity index (χ1v) is 8.79. The van der Waals surface area contributed by atoms with E-state index >= 15 is 0 Å². The fourth-order valence-electron chi connectivity index (χ4n) is 1.97. The summed E-state index contributed by atoms with van der Waals surface area (Å²) in [4.78, 5) is 12.0. The van der Waals surface area contributed by atoms with Crippen molar-refractivity contribution in [2.45, 2.75) is 20.8 Å². The minimum Gasteiger partial charge on any atom is -0.490 e. The molecule has 2 N–H and O–H groups in total. The Balaban J connectivity index is 1.87. The summed E-state index contributed by atoms with van der Waals surface area (Å²) in [6, 6.07) is 17.0. The van der Waals surface area contributed by atoms with Crippen molar-refractivity contribution in [3.8, 4) is 11.5 Å². The summed E-state index contributed by atoms with van der Waals surface area (Å²) in [5, 5.41) is 5.93. The van der Waals surface area contributed by atoms with E-state index in [9.17, 15) is 4.79 Å². The first-order chi connectivity index (χ1) is 12.4. The van der Waals surface area contributed by atoms with Crippen LogP contribution < -0.4 is 20.1 Å². The molecule has 0 aliphatic rings. The maximum absolute atomic E-state index is 12.0. The third kappa shape index (κ3) is 6.37. The Kier molecular flexibility index (Phi) is 6.97. The zero-order chi connectivity index (χ0) is 19.0. The number of hydrogen-bond acceptors (Lipinski definition) is 4. The number of ether oxygens (including phenoxy) is 2. The second-order valence-electron chi connectivity index (χ2n) is 6.66. The van der Waals surface area contributed by atoms with Crippen LogP contribution in [0.1, 0.15) is 20.8 Å². The van der Waals surface area contributed by atoms with Gasteiger partial charge in [-0.15, -0.1) is 0 Å². The first kappa shape index (κ1) is 19.7. The lowest BCUT2D eigenvalue weighted by molar-refractivity contribution is -0.126. The third-order valence-corrected chi connectivity index (χ3v) is 3.60. The van der Waals surface area contributed by atoms with Crippen LogP contribution in [-0.4, -0.2) is 24.2 Å². The molecule has 0 atom stereocenters. The van der Waals surface area contributed by atoms with E-state index in [4.69, 9.17) is 21.7 Å². The monoisotopic (exact) mass is 372 g/mol. The quantitative estimate of drug-likeness (QED) is 0.593. The van der Waals surface area contributed by atoms with Gasteiger partial charge in [-0.05, 0) is 36.5 Å². The third-order valence-electron chi connectivity index (χ3n) is 3.40. The Bertz CT molecular complexity index is 742. The maximum atomic E-state index is 12.0. The second-order valence-corrected chi connectivity index (χ2v) is 7.07. The Hall–Kier alpha value is -2.60. The molecule has 2 aromatic rings. The predicted octanol–water partition coefficient (Wildman–Crippen LogP) is 4.00. The second kappa shape index (κ2) is 9.20. The summed E-state index contributed by atoms with van der Waals surface area (Å²) < 4.78 is 11.4. The van der Waals surface area contributed by atoms with Gasteiger partial charge in [-0.2, -0.15) is 0 Å². The minimum atomic E-state index is -0.517. The predicted molar refractivity (Wildman–Crippen MR) is 108 cm³/mol. The van der Waals surface area contributed by atoms with Crippen LogP contribution in [0.25, 0.3) is 0 Å². The van der Waals surface area contributed by atoms with Crippen LogP contribution in [0.5, 0.6) is 11.5 Å². The fraction of sp³-hybridized carbons (Fsp3) is 0.300. The molecule has 0 heterocycles. The Labute approximate surface area is 159 Å². The van der Waals surface area contributed by atoms with E-state index in [1.54, 1.807) is 0 Å². The van der Waals surface area contributed by atoms with Gasteiger partial charge in [0.2, 0.25) is 5.91 Å². The fourth-order valence-corrected chi connectivity index (χ4v) is 2.17. The lowest BCUT2D eigenvalue weighted by Gasteiger charge is -2.19. The van der Waals surface area contributed by atoms with Gasteiger partial charge in [-0.3, -0.25) is 4.79 Å². The molecule has 0 aromatic heterocycles. The largest absolute Gasteiger partial charge is 0.490 e. The minimum absolute atomic E-state index is 0.148. The van der Waals surface area contributed by atoms with Gasteiger partial charge in [0.1, 0.15) is 24.7 Å². The summed E-state index contributed by atoms with van der Waals surface area (Å²) in [5.74, 6) is 1.29. The molecule has 26 heavy (non-hydrogen) atoms. The number of amides is 1. The van der Waals surface area contributed by atoms with Gasteiger partial charge < -0.3 is 20.1 Å². The van der Waals surface area contributed by atoms with E-state index in [1.807, 2.05) is 75.4 Å². The SMILES string of the molecule is CC(C)(C)C(=O)NC(=S)Nc1ccccc1OCCOc1ccccc1. The van der Waals surface area contributed by atoms with E-state index in [1.165, 1.54) is 0 Å². The number of thiocarbonyl (C=S) groups is 1. The number of carbonyl (C=O) groups is 1. The number of carbonyl (C=O) groups excluding carboxylic acids is 1. The van der Waals surface area contributed by atoms with Crippen molar-refractivity contribution in [2.24, 2.45) is 5.41 Å². The van der Waals surface area contributed by atoms with Crippen LogP contribution in [0, 0.1) is 5.41 Å².